The van der Waals surface area contributed by atoms with Gasteiger partial charge in [0.15, 0.2) is 0 Å². The van der Waals surface area contributed by atoms with E-state index in [1.54, 1.807) is 0 Å². The molecule has 0 bridgehead atoms. The van der Waals surface area contributed by atoms with Crippen molar-refractivity contribution in [1.29, 1.82) is 0 Å². The Morgan fingerprint density at radius 1 is 0.560 bits per heavy atom. The van der Waals surface area contributed by atoms with Gasteiger partial charge in [-0.05, 0) is 61.3 Å². The Labute approximate surface area is 147 Å². The van der Waals surface area contributed by atoms with Crippen LogP contribution >= 0.6 is 0 Å². The first kappa shape index (κ1) is 13.4. The maximum Gasteiger partial charge on any atom is 0.0159 e. The molecule has 0 heteroatoms. The molecule has 0 amide bonds. The van der Waals surface area contributed by atoms with Crippen LogP contribution in [0.4, 0.5) is 0 Å². The van der Waals surface area contributed by atoms with Crippen LogP contribution in [-0.2, 0) is 5.41 Å². The molecule has 2 aliphatic carbocycles. The van der Waals surface area contributed by atoms with Crippen LogP contribution in [0.25, 0.3) is 44.2 Å². The molecule has 0 fully saturated rings. The van der Waals surface area contributed by atoms with Gasteiger partial charge in [0.1, 0.15) is 0 Å². The minimum absolute atomic E-state index is 0.0458. The van der Waals surface area contributed by atoms with Gasteiger partial charge in [-0.3, -0.25) is 0 Å². The third kappa shape index (κ3) is 1.45. The molecule has 0 heterocycles. The van der Waals surface area contributed by atoms with Crippen LogP contribution in [0.2, 0.25) is 0 Å². The predicted molar refractivity (Wildman–Crippen MR) is 106 cm³/mol. The van der Waals surface area contributed by atoms with E-state index in [0.717, 1.165) is 0 Å². The Hall–Kier alpha value is -2.86. The second-order valence-corrected chi connectivity index (χ2v) is 7.79. The van der Waals surface area contributed by atoms with E-state index in [1.165, 1.54) is 55.3 Å². The van der Waals surface area contributed by atoms with Crippen molar-refractivity contribution in [1.82, 2.24) is 0 Å². The van der Waals surface area contributed by atoms with E-state index in [1.807, 2.05) is 0 Å². The van der Waals surface area contributed by atoms with Crippen LogP contribution in [0.1, 0.15) is 25.0 Å². The highest BCUT2D eigenvalue weighted by molar-refractivity contribution is 6.20. The highest BCUT2D eigenvalue weighted by Gasteiger charge is 2.38. The first-order chi connectivity index (χ1) is 12.2. The minimum Gasteiger partial charge on any atom is -0.0619 e. The fourth-order valence-corrected chi connectivity index (χ4v) is 5.05. The Kier molecular flexibility index (Phi) is 2.26. The van der Waals surface area contributed by atoms with E-state index in [4.69, 9.17) is 0 Å². The molecule has 4 aromatic rings. The minimum atomic E-state index is 0.0458. The van der Waals surface area contributed by atoms with Crippen molar-refractivity contribution in [2.45, 2.75) is 19.3 Å². The second-order valence-electron chi connectivity index (χ2n) is 7.79. The highest BCUT2D eigenvalue weighted by atomic mass is 14.4. The van der Waals surface area contributed by atoms with Crippen LogP contribution in [-0.4, -0.2) is 0 Å². The topological polar surface area (TPSA) is 0 Å². The summed E-state index contributed by atoms with van der Waals surface area (Å²) in [5.41, 5.74) is 11.3. The van der Waals surface area contributed by atoms with Crippen molar-refractivity contribution in [3.05, 3.63) is 83.9 Å². The van der Waals surface area contributed by atoms with Gasteiger partial charge < -0.3 is 0 Å². The van der Waals surface area contributed by atoms with E-state index >= 15 is 0 Å². The van der Waals surface area contributed by atoms with Gasteiger partial charge in [-0.2, -0.15) is 0 Å². The number of hydrogen-bond donors (Lipinski definition) is 0. The molecule has 0 unspecified atom stereocenters. The monoisotopic (exact) mass is 318 g/mol. The summed E-state index contributed by atoms with van der Waals surface area (Å²) in [6.07, 6.45) is 0. The van der Waals surface area contributed by atoms with Gasteiger partial charge in [-0.25, -0.2) is 0 Å². The first-order valence-corrected chi connectivity index (χ1v) is 8.98. The van der Waals surface area contributed by atoms with Crippen LogP contribution in [0.5, 0.6) is 0 Å². The summed E-state index contributed by atoms with van der Waals surface area (Å²) in [6, 6.07) is 27.0. The summed E-state index contributed by atoms with van der Waals surface area (Å²) in [4.78, 5) is 0. The SMILES string of the molecule is CC1(C)c2ccccc2-c2c1cc1c3c(cccc23)-c2ccccc2-1. The summed E-state index contributed by atoms with van der Waals surface area (Å²) >= 11 is 0. The molecule has 0 aliphatic heterocycles. The molecular formula is C25H18. The number of benzene rings is 4. The molecule has 6 rings (SSSR count). The molecule has 0 spiro atoms. The summed E-state index contributed by atoms with van der Waals surface area (Å²) in [7, 11) is 0. The summed E-state index contributed by atoms with van der Waals surface area (Å²) in [5.74, 6) is 0. The molecule has 0 saturated heterocycles. The van der Waals surface area contributed by atoms with E-state index < -0.39 is 0 Å². The average molecular weight is 318 g/mol. The fourth-order valence-electron chi connectivity index (χ4n) is 5.05. The molecule has 0 N–H and O–H groups in total. The number of hydrogen-bond acceptors (Lipinski definition) is 0. The predicted octanol–water partition coefficient (Wildman–Crippen LogP) is 6.79. The zero-order valence-corrected chi connectivity index (χ0v) is 14.4. The molecule has 0 aromatic heterocycles. The zero-order valence-electron chi connectivity index (χ0n) is 14.4. The third-order valence-electron chi connectivity index (χ3n) is 6.21. The summed E-state index contributed by atoms with van der Waals surface area (Å²) in [6.45, 7) is 4.72. The van der Waals surface area contributed by atoms with Crippen LogP contribution in [0, 0.1) is 0 Å². The lowest BCUT2D eigenvalue weighted by molar-refractivity contribution is 0.661. The van der Waals surface area contributed by atoms with Crippen molar-refractivity contribution >= 4 is 10.8 Å². The summed E-state index contributed by atoms with van der Waals surface area (Å²) in [5, 5.41) is 2.83. The largest absolute Gasteiger partial charge is 0.0619 e. The Morgan fingerprint density at radius 2 is 1.20 bits per heavy atom. The Bertz CT molecular complexity index is 1210. The maximum absolute atomic E-state index is 2.47. The Morgan fingerprint density at radius 3 is 2.00 bits per heavy atom. The third-order valence-corrected chi connectivity index (χ3v) is 6.21. The normalized spacial score (nSPS) is 15.1. The Balaban J connectivity index is 1.86. The van der Waals surface area contributed by atoms with Crippen LogP contribution < -0.4 is 0 Å². The standard InChI is InChI=1S/C25H18/c1-25(2)21-13-6-5-10-18(21)24-19-12-7-11-17-15-8-3-4-9-16(15)20(23(17)19)14-22(24)25/h3-14H,1-2H3. The van der Waals surface area contributed by atoms with Gasteiger partial charge in [-0.1, -0.05) is 80.6 Å². The van der Waals surface area contributed by atoms with Crippen LogP contribution in [0.3, 0.4) is 0 Å². The van der Waals surface area contributed by atoms with Crippen molar-refractivity contribution in [3.63, 3.8) is 0 Å². The fraction of sp³-hybridized carbons (Fsp3) is 0.120. The number of fused-ring (bicyclic) bond motifs is 7. The highest BCUT2D eigenvalue weighted by Crippen LogP contribution is 2.56. The molecule has 0 saturated carbocycles. The van der Waals surface area contributed by atoms with Gasteiger partial charge in [-0.15, -0.1) is 0 Å². The molecule has 4 aromatic carbocycles. The first-order valence-electron chi connectivity index (χ1n) is 8.98. The molecule has 25 heavy (non-hydrogen) atoms. The van der Waals surface area contributed by atoms with Gasteiger partial charge in [0.25, 0.3) is 0 Å². The van der Waals surface area contributed by atoms with E-state index in [0.29, 0.717) is 0 Å². The smallest absolute Gasteiger partial charge is 0.0159 e. The van der Waals surface area contributed by atoms with Crippen molar-refractivity contribution in [3.8, 4) is 33.4 Å². The molecule has 0 atom stereocenters. The van der Waals surface area contributed by atoms with Crippen LogP contribution in [0.15, 0.2) is 72.8 Å². The van der Waals surface area contributed by atoms with E-state index in [2.05, 4.69) is 86.6 Å². The lowest BCUT2D eigenvalue weighted by atomic mass is 9.81. The summed E-state index contributed by atoms with van der Waals surface area (Å²) < 4.78 is 0. The second kappa shape index (κ2) is 4.21. The zero-order chi connectivity index (χ0) is 16.8. The molecule has 2 aliphatic rings. The molecule has 0 nitrogen and oxygen atoms in total. The molecule has 0 radical (unpaired) electrons. The average Bonchev–Trinajstić information content (AvgIpc) is 3.09. The van der Waals surface area contributed by atoms with E-state index in [-0.39, 0.29) is 5.41 Å². The molecular weight excluding hydrogens is 300 g/mol. The number of rotatable bonds is 0. The van der Waals surface area contributed by atoms with Crippen molar-refractivity contribution in [2.75, 3.05) is 0 Å². The quantitative estimate of drug-likeness (QED) is 0.295. The van der Waals surface area contributed by atoms with Gasteiger partial charge >= 0.3 is 0 Å². The lowest BCUT2D eigenvalue weighted by Crippen LogP contribution is -2.14. The van der Waals surface area contributed by atoms with Crippen molar-refractivity contribution < 1.29 is 0 Å². The van der Waals surface area contributed by atoms with E-state index in [9.17, 15) is 0 Å². The van der Waals surface area contributed by atoms with Crippen molar-refractivity contribution in [2.24, 2.45) is 0 Å². The van der Waals surface area contributed by atoms with Gasteiger partial charge in [0, 0.05) is 5.41 Å². The molecule has 118 valence electrons. The van der Waals surface area contributed by atoms with Gasteiger partial charge in [0.2, 0.25) is 0 Å². The maximum atomic E-state index is 2.47. The lowest BCUT2D eigenvalue weighted by Gasteiger charge is -2.22. The van der Waals surface area contributed by atoms with Gasteiger partial charge in [0.05, 0.1) is 0 Å².